The number of hydrogen-bond donors (Lipinski definition) is 2. The zero-order valence-electron chi connectivity index (χ0n) is 13.9. The molecule has 1 amide bonds. The highest BCUT2D eigenvalue weighted by atomic mass is 35.5. The van der Waals surface area contributed by atoms with E-state index in [2.05, 4.69) is 10.1 Å². The highest BCUT2D eigenvalue weighted by Crippen LogP contribution is 2.22. The molecular formula is C19H20ClNO4. The summed E-state index contributed by atoms with van der Waals surface area (Å²) in [4.78, 5) is 23.4. The highest BCUT2D eigenvalue weighted by molar-refractivity contribution is 6.30. The van der Waals surface area contributed by atoms with E-state index in [9.17, 15) is 14.7 Å². The van der Waals surface area contributed by atoms with E-state index < -0.39 is 6.04 Å². The van der Waals surface area contributed by atoms with Gasteiger partial charge in [0.2, 0.25) is 0 Å². The van der Waals surface area contributed by atoms with Gasteiger partial charge < -0.3 is 15.2 Å². The molecule has 0 aliphatic heterocycles. The summed E-state index contributed by atoms with van der Waals surface area (Å²) in [5.41, 5.74) is 2.45. The van der Waals surface area contributed by atoms with Crippen LogP contribution >= 0.6 is 11.6 Å². The Labute approximate surface area is 151 Å². The standard InChI is InChI=1S/C19H20ClNO4/c1-25-18(23)11-10-17(12-22)21-19(24)15-4-2-13(3-5-15)14-6-8-16(20)9-7-14/h2-9,17,22H,10-12H2,1H3,(H,21,24)/t17-/m0/s1. The number of esters is 1. The Balaban J connectivity index is 1.99. The van der Waals surface area contributed by atoms with Crippen molar-refractivity contribution >= 4 is 23.5 Å². The lowest BCUT2D eigenvalue weighted by molar-refractivity contribution is -0.140. The lowest BCUT2D eigenvalue weighted by atomic mass is 10.0. The van der Waals surface area contributed by atoms with E-state index in [4.69, 9.17) is 11.6 Å². The van der Waals surface area contributed by atoms with Crippen LogP contribution in [-0.4, -0.2) is 36.7 Å². The van der Waals surface area contributed by atoms with E-state index in [1.54, 1.807) is 12.1 Å². The number of benzene rings is 2. The minimum Gasteiger partial charge on any atom is -0.469 e. The van der Waals surface area contributed by atoms with Crippen LogP contribution in [0.25, 0.3) is 11.1 Å². The second kappa shape index (κ2) is 9.20. The largest absolute Gasteiger partial charge is 0.469 e. The third kappa shape index (κ3) is 5.59. The normalized spacial score (nSPS) is 11.6. The fourth-order valence-electron chi connectivity index (χ4n) is 2.33. The van der Waals surface area contributed by atoms with Crippen molar-refractivity contribution in [3.63, 3.8) is 0 Å². The molecule has 2 rings (SSSR count). The van der Waals surface area contributed by atoms with Crippen molar-refractivity contribution in [3.8, 4) is 11.1 Å². The van der Waals surface area contributed by atoms with Gasteiger partial charge in [0.25, 0.3) is 5.91 Å². The van der Waals surface area contributed by atoms with Crippen LogP contribution in [0.3, 0.4) is 0 Å². The number of methoxy groups -OCH3 is 1. The Morgan fingerprint density at radius 2 is 1.64 bits per heavy atom. The fraction of sp³-hybridized carbons (Fsp3) is 0.263. The average Bonchev–Trinajstić information content (AvgIpc) is 2.65. The topological polar surface area (TPSA) is 75.6 Å². The van der Waals surface area contributed by atoms with E-state index in [-0.39, 0.29) is 24.9 Å². The van der Waals surface area contributed by atoms with Crippen LogP contribution < -0.4 is 5.32 Å². The van der Waals surface area contributed by atoms with Gasteiger partial charge in [-0.15, -0.1) is 0 Å². The molecule has 132 valence electrons. The fourth-order valence-corrected chi connectivity index (χ4v) is 2.45. The second-order valence-electron chi connectivity index (χ2n) is 5.55. The lowest BCUT2D eigenvalue weighted by Crippen LogP contribution is -2.37. The molecule has 2 N–H and O–H groups in total. The van der Waals surface area contributed by atoms with Crippen molar-refractivity contribution in [1.29, 1.82) is 0 Å². The predicted molar refractivity (Wildman–Crippen MR) is 96.5 cm³/mol. The van der Waals surface area contributed by atoms with Gasteiger partial charge >= 0.3 is 5.97 Å². The molecule has 0 radical (unpaired) electrons. The average molecular weight is 362 g/mol. The van der Waals surface area contributed by atoms with E-state index >= 15 is 0 Å². The highest BCUT2D eigenvalue weighted by Gasteiger charge is 2.15. The molecule has 0 fully saturated rings. The summed E-state index contributed by atoms with van der Waals surface area (Å²) in [7, 11) is 1.30. The molecule has 0 saturated carbocycles. The third-order valence-corrected chi connectivity index (χ3v) is 4.06. The molecule has 0 unspecified atom stereocenters. The van der Waals surface area contributed by atoms with Crippen LogP contribution in [0.5, 0.6) is 0 Å². The number of nitrogens with one attached hydrogen (secondary N) is 1. The Morgan fingerprint density at radius 3 is 2.16 bits per heavy atom. The maximum absolute atomic E-state index is 12.3. The lowest BCUT2D eigenvalue weighted by Gasteiger charge is -2.16. The van der Waals surface area contributed by atoms with Crippen LogP contribution in [0.15, 0.2) is 48.5 Å². The van der Waals surface area contributed by atoms with Crippen molar-refractivity contribution in [2.24, 2.45) is 0 Å². The van der Waals surface area contributed by atoms with Crippen molar-refractivity contribution in [2.45, 2.75) is 18.9 Å². The first-order valence-corrected chi connectivity index (χ1v) is 8.26. The number of aliphatic hydroxyl groups excluding tert-OH is 1. The van der Waals surface area contributed by atoms with Gasteiger partial charge in [0.15, 0.2) is 0 Å². The summed E-state index contributed by atoms with van der Waals surface area (Å²) in [6, 6.07) is 14.1. The molecule has 0 spiro atoms. The van der Waals surface area contributed by atoms with Gasteiger partial charge in [-0.1, -0.05) is 35.9 Å². The molecule has 5 nitrogen and oxygen atoms in total. The quantitative estimate of drug-likeness (QED) is 0.743. The molecule has 0 saturated heterocycles. The molecule has 2 aromatic carbocycles. The number of aliphatic hydroxyl groups is 1. The molecule has 0 heterocycles. The van der Waals surface area contributed by atoms with Crippen molar-refractivity contribution < 1.29 is 19.4 Å². The molecule has 25 heavy (non-hydrogen) atoms. The summed E-state index contributed by atoms with van der Waals surface area (Å²) in [6.45, 7) is -0.244. The van der Waals surface area contributed by atoms with Crippen LogP contribution in [0.2, 0.25) is 5.02 Å². The number of halogens is 1. The summed E-state index contributed by atoms with van der Waals surface area (Å²) in [6.07, 6.45) is 0.454. The second-order valence-corrected chi connectivity index (χ2v) is 5.99. The molecule has 2 aromatic rings. The monoisotopic (exact) mass is 361 g/mol. The maximum Gasteiger partial charge on any atom is 0.305 e. The third-order valence-electron chi connectivity index (χ3n) is 3.80. The van der Waals surface area contributed by atoms with Crippen LogP contribution in [0.1, 0.15) is 23.2 Å². The van der Waals surface area contributed by atoms with E-state index in [1.807, 2.05) is 36.4 Å². The number of hydrogen-bond acceptors (Lipinski definition) is 4. The van der Waals surface area contributed by atoms with Crippen LogP contribution in [0.4, 0.5) is 0 Å². The molecule has 0 aliphatic rings. The maximum atomic E-state index is 12.3. The molecule has 6 heteroatoms. The van der Waals surface area contributed by atoms with Crippen LogP contribution in [-0.2, 0) is 9.53 Å². The number of ether oxygens (including phenoxy) is 1. The van der Waals surface area contributed by atoms with E-state index in [0.717, 1.165) is 11.1 Å². The molecule has 0 aromatic heterocycles. The summed E-state index contributed by atoms with van der Waals surface area (Å²) < 4.78 is 4.56. The summed E-state index contributed by atoms with van der Waals surface area (Å²) in [5.74, 6) is -0.674. The Kier molecular flexibility index (Phi) is 6.98. The van der Waals surface area contributed by atoms with Crippen LogP contribution in [0, 0.1) is 0 Å². The minimum absolute atomic E-state index is 0.136. The number of rotatable bonds is 7. The van der Waals surface area contributed by atoms with Gasteiger partial charge in [-0.3, -0.25) is 9.59 Å². The zero-order chi connectivity index (χ0) is 18.2. The van der Waals surface area contributed by atoms with Crippen molar-refractivity contribution in [1.82, 2.24) is 5.32 Å². The number of carbonyl (C=O) groups is 2. The van der Waals surface area contributed by atoms with Gasteiger partial charge in [-0.2, -0.15) is 0 Å². The van der Waals surface area contributed by atoms with Crippen molar-refractivity contribution in [2.75, 3.05) is 13.7 Å². The first-order chi connectivity index (χ1) is 12.0. The number of amides is 1. The molecule has 1 atom stereocenters. The Bertz CT molecular complexity index is 713. The van der Waals surface area contributed by atoms with Gasteiger partial charge in [-0.25, -0.2) is 0 Å². The predicted octanol–water partition coefficient (Wildman–Crippen LogP) is 3.05. The van der Waals surface area contributed by atoms with Gasteiger partial charge in [0, 0.05) is 17.0 Å². The SMILES string of the molecule is COC(=O)CC[C@@H](CO)NC(=O)c1ccc(-c2ccc(Cl)cc2)cc1. The number of carbonyl (C=O) groups excluding carboxylic acids is 2. The summed E-state index contributed by atoms with van der Waals surface area (Å²) in [5, 5.41) is 12.7. The summed E-state index contributed by atoms with van der Waals surface area (Å²) >= 11 is 5.88. The molecule has 0 aliphatic carbocycles. The van der Waals surface area contributed by atoms with Gasteiger partial charge in [-0.05, 0) is 41.8 Å². The van der Waals surface area contributed by atoms with E-state index in [0.29, 0.717) is 17.0 Å². The minimum atomic E-state index is -0.498. The zero-order valence-corrected chi connectivity index (χ0v) is 14.6. The van der Waals surface area contributed by atoms with Crippen molar-refractivity contribution in [3.05, 3.63) is 59.1 Å². The smallest absolute Gasteiger partial charge is 0.305 e. The van der Waals surface area contributed by atoms with Gasteiger partial charge in [0.05, 0.1) is 19.8 Å². The first-order valence-electron chi connectivity index (χ1n) is 7.88. The Morgan fingerprint density at radius 1 is 1.08 bits per heavy atom. The first kappa shape index (κ1) is 19.0. The van der Waals surface area contributed by atoms with E-state index in [1.165, 1.54) is 7.11 Å². The Hall–Kier alpha value is -2.37. The molecule has 0 bridgehead atoms. The van der Waals surface area contributed by atoms with Gasteiger partial charge in [0.1, 0.15) is 0 Å². The molecular weight excluding hydrogens is 342 g/mol.